The summed E-state index contributed by atoms with van der Waals surface area (Å²) in [5.41, 5.74) is 0.405. The number of likely N-dealkylation sites (tertiary alicyclic amines) is 1. The zero-order valence-corrected chi connectivity index (χ0v) is 14.7. The van der Waals surface area contributed by atoms with Crippen LogP contribution in [0.3, 0.4) is 0 Å². The molecule has 25 heavy (non-hydrogen) atoms. The van der Waals surface area contributed by atoms with Crippen molar-refractivity contribution in [2.45, 2.75) is 50.7 Å². The molecule has 3 atom stereocenters. The first-order valence-corrected chi connectivity index (χ1v) is 9.22. The Morgan fingerprint density at radius 1 is 1.20 bits per heavy atom. The molecular weight excluding hydrogens is 324 g/mol. The number of nitrogens with one attached hydrogen (secondary N) is 1. The summed E-state index contributed by atoms with van der Waals surface area (Å²) in [6.07, 6.45) is 2.15. The summed E-state index contributed by atoms with van der Waals surface area (Å²) >= 11 is 0. The highest BCUT2D eigenvalue weighted by molar-refractivity contribution is 5.75. The van der Waals surface area contributed by atoms with E-state index in [2.05, 4.69) is 10.2 Å². The molecule has 1 aromatic carbocycles. The van der Waals surface area contributed by atoms with Crippen LogP contribution < -0.4 is 5.32 Å². The maximum Gasteiger partial charge on any atom is 0.317 e. The van der Waals surface area contributed by atoms with Gasteiger partial charge in [-0.2, -0.15) is 0 Å². The number of amides is 2. The number of hydrogen-bond donors (Lipinski definition) is 1. The Morgan fingerprint density at radius 3 is 2.60 bits per heavy atom. The van der Waals surface area contributed by atoms with Gasteiger partial charge in [0, 0.05) is 24.5 Å². The molecule has 2 bridgehead atoms. The van der Waals surface area contributed by atoms with Crippen LogP contribution in [-0.4, -0.2) is 53.6 Å². The molecule has 136 valence electrons. The lowest BCUT2D eigenvalue weighted by Gasteiger charge is -2.51. The molecule has 0 aliphatic carbocycles. The van der Waals surface area contributed by atoms with Gasteiger partial charge in [0.2, 0.25) is 0 Å². The molecule has 0 unspecified atom stereocenters. The fourth-order valence-corrected chi connectivity index (χ4v) is 5.06. The SMILES string of the molecule is CC(C)NC(=O)N1C[C@H](c2cccc(F)c2F)[C@H]2[C@@H]1C1CCN2CC1. The lowest BCUT2D eigenvalue weighted by molar-refractivity contribution is 0.00312. The van der Waals surface area contributed by atoms with Crippen molar-refractivity contribution in [3.05, 3.63) is 35.4 Å². The highest BCUT2D eigenvalue weighted by Gasteiger charge is 2.55. The number of benzene rings is 1. The van der Waals surface area contributed by atoms with E-state index in [9.17, 15) is 13.6 Å². The number of nitrogens with zero attached hydrogens (tertiary/aromatic N) is 2. The Labute approximate surface area is 147 Å². The molecule has 4 nitrogen and oxygen atoms in total. The first-order chi connectivity index (χ1) is 12.0. The molecule has 0 spiro atoms. The topological polar surface area (TPSA) is 35.6 Å². The number of urea groups is 1. The van der Waals surface area contributed by atoms with Gasteiger partial charge in [-0.15, -0.1) is 0 Å². The predicted molar refractivity (Wildman–Crippen MR) is 91.3 cm³/mol. The van der Waals surface area contributed by atoms with Crippen LogP contribution >= 0.6 is 0 Å². The van der Waals surface area contributed by atoms with E-state index in [1.54, 1.807) is 12.1 Å². The first-order valence-electron chi connectivity index (χ1n) is 9.22. The van der Waals surface area contributed by atoms with Gasteiger partial charge in [0.05, 0.1) is 6.04 Å². The van der Waals surface area contributed by atoms with Crippen LogP contribution in [0.25, 0.3) is 0 Å². The standard InChI is InChI=1S/C19H25F2N3O/c1-11(2)22-19(25)24-10-14(13-4-3-5-15(20)16(13)21)18-17(24)12-6-8-23(18)9-7-12/h3-5,11-12,14,17-18H,6-10H2,1-2H3,(H,22,25)/t14-,17+,18+/m1/s1. The fourth-order valence-electron chi connectivity index (χ4n) is 5.06. The molecule has 0 saturated carbocycles. The highest BCUT2D eigenvalue weighted by Crippen LogP contribution is 2.47. The lowest BCUT2D eigenvalue weighted by atomic mass is 9.75. The van der Waals surface area contributed by atoms with Crippen molar-refractivity contribution in [3.8, 4) is 0 Å². The Hall–Kier alpha value is -1.69. The average molecular weight is 349 g/mol. The van der Waals surface area contributed by atoms with Crippen LogP contribution in [0, 0.1) is 17.6 Å². The molecule has 0 radical (unpaired) electrons. The van der Waals surface area contributed by atoms with Gasteiger partial charge in [-0.1, -0.05) is 12.1 Å². The Morgan fingerprint density at radius 2 is 1.92 bits per heavy atom. The summed E-state index contributed by atoms with van der Waals surface area (Å²) < 4.78 is 28.3. The highest BCUT2D eigenvalue weighted by atomic mass is 19.2. The van der Waals surface area contributed by atoms with Gasteiger partial charge in [-0.05, 0) is 57.3 Å². The summed E-state index contributed by atoms with van der Waals surface area (Å²) in [5.74, 6) is -1.30. The van der Waals surface area contributed by atoms with E-state index >= 15 is 0 Å². The second kappa shape index (κ2) is 6.24. The summed E-state index contributed by atoms with van der Waals surface area (Å²) in [6, 6.07) is 4.54. The van der Waals surface area contributed by atoms with E-state index in [4.69, 9.17) is 0 Å². The third kappa shape index (κ3) is 2.71. The second-order valence-corrected chi connectivity index (χ2v) is 7.86. The largest absolute Gasteiger partial charge is 0.336 e. The molecule has 1 N–H and O–H groups in total. The van der Waals surface area contributed by atoms with Crippen molar-refractivity contribution in [3.63, 3.8) is 0 Å². The minimum atomic E-state index is -0.810. The van der Waals surface area contributed by atoms with Gasteiger partial charge in [0.15, 0.2) is 11.6 Å². The Balaban J connectivity index is 1.71. The molecule has 4 fully saturated rings. The average Bonchev–Trinajstić information content (AvgIpc) is 3.00. The normalized spacial score (nSPS) is 33.6. The van der Waals surface area contributed by atoms with Crippen molar-refractivity contribution in [2.75, 3.05) is 19.6 Å². The quantitative estimate of drug-likeness (QED) is 0.891. The molecule has 0 aromatic heterocycles. The summed E-state index contributed by atoms with van der Waals surface area (Å²) in [5, 5.41) is 2.98. The maximum absolute atomic E-state index is 14.5. The zero-order valence-electron chi connectivity index (χ0n) is 14.7. The maximum atomic E-state index is 14.5. The Bertz CT molecular complexity index is 673. The molecule has 1 aromatic rings. The molecule has 4 aliphatic rings. The number of hydrogen-bond acceptors (Lipinski definition) is 2. The molecule has 5 rings (SSSR count). The van der Waals surface area contributed by atoms with Crippen LogP contribution in [0.15, 0.2) is 18.2 Å². The van der Waals surface area contributed by atoms with E-state index in [1.165, 1.54) is 0 Å². The molecule has 4 aliphatic heterocycles. The van der Waals surface area contributed by atoms with Gasteiger partial charge in [-0.3, -0.25) is 4.90 Å². The van der Waals surface area contributed by atoms with E-state index in [1.807, 2.05) is 18.7 Å². The van der Waals surface area contributed by atoms with Crippen LogP contribution in [-0.2, 0) is 0 Å². The number of halogens is 2. The molecular formula is C19H25F2N3O. The number of fused-ring (bicyclic) bond motifs is 2. The van der Waals surface area contributed by atoms with Crippen molar-refractivity contribution >= 4 is 6.03 Å². The van der Waals surface area contributed by atoms with Crippen LogP contribution in [0.5, 0.6) is 0 Å². The van der Waals surface area contributed by atoms with Gasteiger partial charge >= 0.3 is 6.03 Å². The minimum Gasteiger partial charge on any atom is -0.336 e. The lowest BCUT2D eigenvalue weighted by Crippen LogP contribution is -2.61. The predicted octanol–water partition coefficient (Wildman–Crippen LogP) is 2.94. The van der Waals surface area contributed by atoms with E-state index in [0.717, 1.165) is 32.0 Å². The van der Waals surface area contributed by atoms with Crippen LogP contribution in [0.2, 0.25) is 0 Å². The van der Waals surface area contributed by atoms with Gasteiger partial charge < -0.3 is 10.2 Å². The molecule has 4 heterocycles. The summed E-state index contributed by atoms with van der Waals surface area (Å²) in [6.45, 7) is 6.29. The third-order valence-electron chi connectivity index (χ3n) is 6.05. The molecule has 4 saturated heterocycles. The van der Waals surface area contributed by atoms with Gasteiger partial charge in [0.25, 0.3) is 0 Å². The monoisotopic (exact) mass is 349 g/mol. The van der Waals surface area contributed by atoms with E-state index in [-0.39, 0.29) is 30.1 Å². The van der Waals surface area contributed by atoms with Crippen molar-refractivity contribution in [1.29, 1.82) is 0 Å². The van der Waals surface area contributed by atoms with Crippen LogP contribution in [0.1, 0.15) is 38.2 Å². The number of piperidine rings is 3. The van der Waals surface area contributed by atoms with Crippen molar-refractivity contribution in [1.82, 2.24) is 15.1 Å². The molecule has 2 amide bonds. The van der Waals surface area contributed by atoms with Crippen LogP contribution in [0.4, 0.5) is 13.6 Å². The Kier molecular flexibility index (Phi) is 4.18. The minimum absolute atomic E-state index is 0.0528. The zero-order chi connectivity index (χ0) is 17.7. The smallest absolute Gasteiger partial charge is 0.317 e. The molecule has 6 heteroatoms. The first kappa shape index (κ1) is 16.8. The fraction of sp³-hybridized carbons (Fsp3) is 0.632. The van der Waals surface area contributed by atoms with Crippen molar-refractivity contribution in [2.24, 2.45) is 5.92 Å². The number of rotatable bonds is 2. The van der Waals surface area contributed by atoms with E-state index < -0.39 is 11.6 Å². The third-order valence-corrected chi connectivity index (χ3v) is 6.05. The van der Waals surface area contributed by atoms with Gasteiger partial charge in [-0.25, -0.2) is 13.6 Å². The van der Waals surface area contributed by atoms with Crippen molar-refractivity contribution < 1.29 is 13.6 Å². The van der Waals surface area contributed by atoms with Gasteiger partial charge in [0.1, 0.15) is 0 Å². The second-order valence-electron chi connectivity index (χ2n) is 7.86. The van der Waals surface area contributed by atoms with E-state index in [0.29, 0.717) is 18.0 Å². The summed E-state index contributed by atoms with van der Waals surface area (Å²) in [4.78, 5) is 17.0. The number of carbonyl (C=O) groups is 1. The number of carbonyl (C=O) groups excluding carboxylic acids is 1. The summed E-state index contributed by atoms with van der Waals surface area (Å²) in [7, 11) is 0.